The van der Waals surface area contributed by atoms with Gasteiger partial charge in [-0.25, -0.2) is 9.79 Å². The van der Waals surface area contributed by atoms with E-state index < -0.39 is 12.0 Å². The van der Waals surface area contributed by atoms with Crippen molar-refractivity contribution in [3.05, 3.63) is 123 Å². The third kappa shape index (κ3) is 6.66. The lowest BCUT2D eigenvalue weighted by atomic mass is 9.94. The van der Waals surface area contributed by atoms with E-state index in [1.165, 1.54) is 11.3 Å². The maximum absolute atomic E-state index is 14.2. The van der Waals surface area contributed by atoms with Gasteiger partial charge in [0.1, 0.15) is 18.1 Å². The second kappa shape index (κ2) is 14.2. The first kappa shape index (κ1) is 32.0. The van der Waals surface area contributed by atoms with E-state index in [1.807, 2.05) is 49.4 Å². The lowest BCUT2D eigenvalue weighted by Crippen LogP contribution is -2.40. The summed E-state index contributed by atoms with van der Waals surface area (Å²) in [6.07, 6.45) is 3.11. The molecule has 0 N–H and O–H groups in total. The van der Waals surface area contributed by atoms with Crippen LogP contribution in [0.25, 0.3) is 6.08 Å². The fraction of sp³-hybridized carbons (Fsp3) is 0.242. The van der Waals surface area contributed by atoms with E-state index in [0.717, 1.165) is 23.1 Å². The van der Waals surface area contributed by atoms with Gasteiger partial charge in [0.25, 0.3) is 5.56 Å². The van der Waals surface area contributed by atoms with Crippen LogP contribution in [0.15, 0.2) is 86.2 Å². The number of aromatic nitrogens is 1. The molecule has 2 heterocycles. The molecule has 5 rings (SSSR count). The van der Waals surface area contributed by atoms with Crippen LogP contribution in [0.1, 0.15) is 49.4 Å². The summed E-state index contributed by atoms with van der Waals surface area (Å²) in [5.41, 5.74) is 3.00. The first-order valence-corrected chi connectivity index (χ1v) is 16.3. The third-order valence-electron chi connectivity index (χ3n) is 6.97. The Balaban J connectivity index is 1.63. The van der Waals surface area contributed by atoms with Gasteiger partial charge in [-0.3, -0.25) is 9.36 Å². The Morgan fingerprint density at radius 2 is 1.86 bits per heavy atom. The van der Waals surface area contributed by atoms with E-state index >= 15 is 0 Å². The first-order chi connectivity index (χ1) is 21.2. The molecule has 7 nitrogen and oxygen atoms in total. The van der Waals surface area contributed by atoms with E-state index in [4.69, 9.17) is 42.4 Å². The number of fused-ring (bicyclic) bond motifs is 1. The molecule has 1 aliphatic rings. The highest BCUT2D eigenvalue weighted by molar-refractivity contribution is 9.10. The van der Waals surface area contributed by atoms with E-state index in [0.29, 0.717) is 53.0 Å². The lowest BCUT2D eigenvalue weighted by molar-refractivity contribution is -0.139. The standard InChI is InChI=1S/C33H29BrCl2N2O5S/c1-4-8-25-29(32(40)42-5-2)30(21-12-14-27(41-3)22(34)16-21)38-31(39)28(44-33(38)37-25)17-20-9-6-7-10-26(20)43-18-19-11-13-23(35)24(36)15-19/h6-7,9-17,30H,4-5,8,18H2,1-3H3/b28-17-/t30-/m0/s1. The summed E-state index contributed by atoms with van der Waals surface area (Å²) < 4.78 is 19.8. The number of benzene rings is 3. The Hall–Kier alpha value is -3.37. The van der Waals surface area contributed by atoms with Gasteiger partial charge in [0.2, 0.25) is 0 Å². The van der Waals surface area contributed by atoms with Crippen molar-refractivity contribution in [2.75, 3.05) is 13.7 Å². The molecule has 1 atom stereocenters. The number of rotatable bonds is 10. The molecule has 0 radical (unpaired) electrons. The molecule has 0 spiro atoms. The number of nitrogens with zero attached hydrogens (tertiary/aromatic N) is 2. The van der Waals surface area contributed by atoms with Crippen LogP contribution in [-0.2, 0) is 16.1 Å². The maximum Gasteiger partial charge on any atom is 0.338 e. The number of carbonyl (C=O) groups excluding carboxylic acids is 1. The molecule has 44 heavy (non-hydrogen) atoms. The second-order valence-electron chi connectivity index (χ2n) is 9.88. The summed E-state index contributed by atoms with van der Waals surface area (Å²) in [7, 11) is 1.58. The largest absolute Gasteiger partial charge is 0.496 e. The van der Waals surface area contributed by atoms with Crippen LogP contribution >= 0.6 is 50.5 Å². The van der Waals surface area contributed by atoms with Crippen LogP contribution in [0.2, 0.25) is 10.0 Å². The summed E-state index contributed by atoms with van der Waals surface area (Å²) in [4.78, 5) is 32.9. The molecule has 0 saturated carbocycles. The van der Waals surface area contributed by atoms with Gasteiger partial charge < -0.3 is 14.2 Å². The average Bonchev–Trinajstić information content (AvgIpc) is 3.32. The van der Waals surface area contributed by atoms with Crippen molar-refractivity contribution in [3.8, 4) is 11.5 Å². The summed E-state index contributed by atoms with van der Waals surface area (Å²) >= 11 is 17.1. The van der Waals surface area contributed by atoms with Gasteiger partial charge in [-0.2, -0.15) is 0 Å². The Labute approximate surface area is 277 Å². The quantitative estimate of drug-likeness (QED) is 0.162. The van der Waals surface area contributed by atoms with Crippen LogP contribution in [0.4, 0.5) is 0 Å². The lowest BCUT2D eigenvalue weighted by Gasteiger charge is -2.26. The zero-order valence-corrected chi connectivity index (χ0v) is 28.1. The van der Waals surface area contributed by atoms with Crippen LogP contribution in [0.3, 0.4) is 0 Å². The van der Waals surface area contributed by atoms with E-state index in [1.54, 1.807) is 42.9 Å². The highest BCUT2D eigenvalue weighted by atomic mass is 79.9. The number of methoxy groups -OCH3 is 1. The Kier molecular flexibility index (Phi) is 10.3. The molecule has 0 unspecified atom stereocenters. The molecule has 228 valence electrons. The minimum Gasteiger partial charge on any atom is -0.496 e. The van der Waals surface area contributed by atoms with Crippen LogP contribution < -0.4 is 24.4 Å². The van der Waals surface area contributed by atoms with E-state index in [2.05, 4.69) is 15.9 Å². The van der Waals surface area contributed by atoms with Gasteiger partial charge in [0, 0.05) is 5.56 Å². The Morgan fingerprint density at radius 3 is 2.57 bits per heavy atom. The topological polar surface area (TPSA) is 79.1 Å². The van der Waals surface area contributed by atoms with Crippen LogP contribution in [0, 0.1) is 0 Å². The number of thiazole rings is 1. The highest BCUT2D eigenvalue weighted by Crippen LogP contribution is 2.36. The van der Waals surface area contributed by atoms with Crippen molar-refractivity contribution in [3.63, 3.8) is 0 Å². The van der Waals surface area contributed by atoms with Crippen LogP contribution in [-0.4, -0.2) is 24.3 Å². The van der Waals surface area contributed by atoms with Gasteiger partial charge in [-0.1, -0.05) is 78.2 Å². The number of carbonyl (C=O) groups is 1. The van der Waals surface area contributed by atoms with Crippen molar-refractivity contribution in [2.45, 2.75) is 39.3 Å². The summed E-state index contributed by atoms with van der Waals surface area (Å²) in [6.45, 7) is 4.24. The average molecular weight is 716 g/mol. The predicted molar refractivity (Wildman–Crippen MR) is 178 cm³/mol. The zero-order valence-electron chi connectivity index (χ0n) is 24.2. The Morgan fingerprint density at radius 1 is 1.07 bits per heavy atom. The van der Waals surface area contributed by atoms with E-state index in [-0.39, 0.29) is 18.8 Å². The van der Waals surface area contributed by atoms with Gasteiger partial charge >= 0.3 is 5.97 Å². The zero-order chi connectivity index (χ0) is 31.4. The fourth-order valence-corrected chi connectivity index (χ4v) is 6.84. The number of allylic oxidation sites excluding steroid dienone is 1. The SMILES string of the molecule is CCCC1=C(C(=O)OCC)[C@H](c2ccc(OC)c(Br)c2)n2c(s/c(=C\c3ccccc3OCc3ccc(Cl)c(Cl)c3)c2=O)=N1. The molecule has 0 bridgehead atoms. The van der Waals surface area contributed by atoms with Crippen molar-refractivity contribution in [2.24, 2.45) is 4.99 Å². The fourth-order valence-electron chi connectivity index (χ4n) is 4.95. The van der Waals surface area contributed by atoms with Crippen molar-refractivity contribution in [1.29, 1.82) is 0 Å². The number of para-hydroxylation sites is 1. The Bertz CT molecular complexity index is 1930. The molecular weight excluding hydrogens is 687 g/mol. The minimum atomic E-state index is -0.739. The summed E-state index contributed by atoms with van der Waals surface area (Å²) in [5, 5.41) is 0.921. The van der Waals surface area contributed by atoms with Crippen molar-refractivity contribution < 1.29 is 19.0 Å². The summed E-state index contributed by atoms with van der Waals surface area (Å²) in [6, 6.07) is 17.6. The third-order valence-corrected chi connectivity index (χ3v) is 9.31. The van der Waals surface area contributed by atoms with Crippen molar-refractivity contribution in [1.82, 2.24) is 4.57 Å². The second-order valence-corrected chi connectivity index (χ2v) is 12.6. The number of halogens is 3. The number of hydrogen-bond acceptors (Lipinski definition) is 7. The summed E-state index contributed by atoms with van der Waals surface area (Å²) in [5.74, 6) is 0.736. The normalized spacial score (nSPS) is 14.7. The molecular formula is C33H29BrCl2N2O5S. The molecule has 1 aromatic heterocycles. The van der Waals surface area contributed by atoms with Gasteiger partial charge in [0.05, 0.1) is 50.1 Å². The molecule has 0 aliphatic carbocycles. The van der Waals surface area contributed by atoms with Crippen molar-refractivity contribution >= 4 is 62.5 Å². The molecule has 0 fully saturated rings. The predicted octanol–water partition coefficient (Wildman–Crippen LogP) is 7.24. The molecule has 1 aliphatic heterocycles. The smallest absolute Gasteiger partial charge is 0.338 e. The minimum absolute atomic E-state index is 0.199. The monoisotopic (exact) mass is 714 g/mol. The molecule has 11 heteroatoms. The van der Waals surface area contributed by atoms with E-state index in [9.17, 15) is 9.59 Å². The molecule has 0 amide bonds. The van der Waals surface area contributed by atoms with Gasteiger partial charge in [-0.15, -0.1) is 0 Å². The number of ether oxygens (including phenoxy) is 3. The van der Waals surface area contributed by atoms with Crippen LogP contribution in [0.5, 0.6) is 11.5 Å². The maximum atomic E-state index is 14.2. The molecule has 0 saturated heterocycles. The number of hydrogen-bond donors (Lipinski definition) is 0. The van der Waals surface area contributed by atoms with Gasteiger partial charge in [-0.05, 0) is 76.8 Å². The molecule has 3 aromatic carbocycles. The molecule has 4 aromatic rings. The van der Waals surface area contributed by atoms with Gasteiger partial charge in [0.15, 0.2) is 4.80 Å². The number of esters is 1. The first-order valence-electron chi connectivity index (χ1n) is 14.0. The highest BCUT2D eigenvalue weighted by Gasteiger charge is 2.34.